The van der Waals surface area contributed by atoms with E-state index in [9.17, 15) is 10.1 Å². The molecule has 0 saturated carbocycles. The van der Waals surface area contributed by atoms with Crippen LogP contribution in [0.4, 0.5) is 0 Å². The summed E-state index contributed by atoms with van der Waals surface area (Å²) < 4.78 is 5.79. The highest BCUT2D eigenvalue weighted by Gasteiger charge is 2.49. The predicted octanol–water partition coefficient (Wildman–Crippen LogP) is 4.66. The molecule has 28 heavy (non-hydrogen) atoms. The lowest BCUT2D eigenvalue weighted by atomic mass is 9.77. The van der Waals surface area contributed by atoms with Crippen molar-refractivity contribution < 1.29 is 9.53 Å². The lowest BCUT2D eigenvalue weighted by Crippen LogP contribution is -2.52. The molecule has 2 aliphatic rings. The van der Waals surface area contributed by atoms with Crippen LogP contribution < -0.4 is 0 Å². The third kappa shape index (κ3) is 3.10. The molecule has 1 fully saturated rings. The second kappa shape index (κ2) is 6.93. The zero-order valence-corrected chi connectivity index (χ0v) is 17.2. The molecule has 148 valence electrons. The van der Waals surface area contributed by atoms with Gasteiger partial charge in [-0.3, -0.25) is 9.69 Å². The van der Waals surface area contributed by atoms with Gasteiger partial charge in [0.25, 0.3) is 0 Å². The topological polar surface area (TPSA) is 69.1 Å². The summed E-state index contributed by atoms with van der Waals surface area (Å²) >= 11 is 0. The third-order valence-electron chi connectivity index (χ3n) is 6.18. The van der Waals surface area contributed by atoms with Gasteiger partial charge in [0.05, 0.1) is 12.1 Å². The Kier molecular flexibility index (Phi) is 4.71. The molecule has 1 aromatic carbocycles. The highest BCUT2D eigenvalue weighted by atomic mass is 16.6. The van der Waals surface area contributed by atoms with Gasteiger partial charge < -0.3 is 9.72 Å². The van der Waals surface area contributed by atoms with Crippen LogP contribution in [0.15, 0.2) is 24.3 Å². The van der Waals surface area contributed by atoms with Crippen LogP contribution in [0.3, 0.4) is 0 Å². The maximum absolute atomic E-state index is 13.3. The highest BCUT2D eigenvalue weighted by Crippen LogP contribution is 2.48. The van der Waals surface area contributed by atoms with E-state index in [1.807, 2.05) is 45.0 Å². The van der Waals surface area contributed by atoms with Crippen molar-refractivity contribution >= 4 is 16.9 Å². The molecule has 5 heteroatoms. The van der Waals surface area contributed by atoms with Crippen molar-refractivity contribution in [2.24, 2.45) is 5.92 Å². The quantitative estimate of drug-likeness (QED) is 0.771. The molecule has 4 atom stereocenters. The minimum absolute atomic E-state index is 0.161. The number of rotatable bonds is 2. The number of aromatic nitrogens is 1. The van der Waals surface area contributed by atoms with Gasteiger partial charge in [0.2, 0.25) is 0 Å². The average molecular weight is 380 g/mol. The van der Waals surface area contributed by atoms with Crippen LogP contribution in [-0.4, -0.2) is 34.0 Å². The van der Waals surface area contributed by atoms with E-state index in [0.29, 0.717) is 5.92 Å². The van der Waals surface area contributed by atoms with Gasteiger partial charge >= 0.3 is 5.97 Å². The molecule has 5 nitrogen and oxygen atoms in total. The number of hydrogen-bond acceptors (Lipinski definition) is 4. The molecule has 0 amide bonds. The minimum atomic E-state index is -0.595. The number of H-pyrrole nitrogens is 1. The molecular formula is C23H29N3O2. The minimum Gasteiger partial charge on any atom is -0.459 e. The molecule has 1 aromatic heterocycles. The molecule has 4 rings (SSSR count). The van der Waals surface area contributed by atoms with Gasteiger partial charge in [0.1, 0.15) is 17.6 Å². The van der Waals surface area contributed by atoms with Crippen molar-refractivity contribution in [3.8, 4) is 6.07 Å². The Hall–Kier alpha value is -2.32. The Balaban J connectivity index is 1.88. The van der Waals surface area contributed by atoms with Crippen molar-refractivity contribution in [3.63, 3.8) is 0 Å². The first-order valence-electron chi connectivity index (χ1n) is 10.3. The largest absolute Gasteiger partial charge is 0.459 e. The molecule has 2 aromatic rings. The van der Waals surface area contributed by atoms with E-state index in [2.05, 4.69) is 22.9 Å². The summed E-state index contributed by atoms with van der Waals surface area (Å²) in [4.78, 5) is 19.1. The van der Waals surface area contributed by atoms with Gasteiger partial charge in [-0.15, -0.1) is 0 Å². The first-order chi connectivity index (χ1) is 13.3. The van der Waals surface area contributed by atoms with Crippen molar-refractivity contribution in [2.75, 3.05) is 6.54 Å². The number of hydrogen-bond donors (Lipinski definition) is 1. The summed E-state index contributed by atoms with van der Waals surface area (Å²) in [6.45, 7) is 8.69. The normalized spacial score (nSPS) is 27.7. The molecule has 0 radical (unpaired) electrons. The van der Waals surface area contributed by atoms with E-state index in [1.54, 1.807) is 0 Å². The Morgan fingerprint density at radius 2 is 2.07 bits per heavy atom. The Bertz CT molecular complexity index is 933. The number of carbonyl (C=O) groups is 1. The number of aromatic amines is 1. The zero-order chi connectivity index (χ0) is 20.1. The maximum Gasteiger partial charge on any atom is 0.316 e. The summed E-state index contributed by atoms with van der Waals surface area (Å²) in [6.07, 6.45) is 3.26. The van der Waals surface area contributed by atoms with Crippen molar-refractivity contribution in [3.05, 3.63) is 35.5 Å². The summed E-state index contributed by atoms with van der Waals surface area (Å²) in [7, 11) is 0. The van der Waals surface area contributed by atoms with Crippen molar-refractivity contribution in [2.45, 2.75) is 70.6 Å². The summed E-state index contributed by atoms with van der Waals surface area (Å²) in [5.74, 6) is -0.332. The number of carbonyl (C=O) groups excluding carboxylic acids is 1. The van der Waals surface area contributed by atoms with Gasteiger partial charge in [-0.25, -0.2) is 0 Å². The molecule has 0 aliphatic carbocycles. The molecule has 1 saturated heterocycles. The number of para-hydroxylation sites is 1. The number of nitrogens with one attached hydrogen (secondary N) is 1. The van der Waals surface area contributed by atoms with Gasteiger partial charge in [0.15, 0.2) is 0 Å². The van der Waals surface area contributed by atoms with E-state index >= 15 is 0 Å². The van der Waals surface area contributed by atoms with Crippen molar-refractivity contribution in [1.82, 2.24) is 9.88 Å². The standard InChI is InChI=1S/C23H29N3O2/c1-5-14-10-11-17-21-19(15-8-6-7-9-16(15)25-21)20(18(12-24)26(17)13-14)22(27)28-23(2,3)4/h6-9,14,17-18,20,25H,5,10-11,13H2,1-4H3/t14-,17+,18-,20?/m1/s1. The Morgan fingerprint density at radius 1 is 1.32 bits per heavy atom. The second-order valence-corrected chi connectivity index (χ2v) is 9.15. The van der Waals surface area contributed by atoms with E-state index in [0.717, 1.165) is 48.0 Å². The fourth-order valence-electron chi connectivity index (χ4n) is 4.92. The van der Waals surface area contributed by atoms with Crippen LogP contribution in [0.2, 0.25) is 0 Å². The molecule has 0 bridgehead atoms. The number of ether oxygens (including phenoxy) is 1. The number of benzene rings is 1. The van der Waals surface area contributed by atoms with Crippen LogP contribution in [0.5, 0.6) is 0 Å². The smallest absolute Gasteiger partial charge is 0.316 e. The molecule has 1 unspecified atom stereocenters. The lowest BCUT2D eigenvalue weighted by molar-refractivity contribution is -0.159. The summed E-state index contributed by atoms with van der Waals surface area (Å²) in [5, 5.41) is 11.2. The number of fused-ring (bicyclic) bond motifs is 5. The number of esters is 1. The van der Waals surface area contributed by atoms with Gasteiger partial charge in [-0.1, -0.05) is 31.5 Å². The van der Waals surface area contributed by atoms with Crippen LogP contribution in [0.25, 0.3) is 10.9 Å². The SMILES string of the molecule is CC[C@@H]1CC[C@H]2c3[nH]c4ccccc4c3C(C(=O)OC(C)(C)C)[C@@H](C#N)N2C1. The van der Waals surface area contributed by atoms with E-state index < -0.39 is 17.6 Å². The summed E-state index contributed by atoms with van der Waals surface area (Å²) in [5.41, 5.74) is 2.50. The third-order valence-corrected chi connectivity index (χ3v) is 6.18. The number of nitrogens with zero attached hydrogens (tertiary/aromatic N) is 2. The lowest BCUT2D eigenvalue weighted by Gasteiger charge is -2.47. The molecule has 1 N–H and O–H groups in total. The van der Waals surface area contributed by atoms with Crippen LogP contribution in [0, 0.1) is 17.2 Å². The molecule has 0 spiro atoms. The van der Waals surface area contributed by atoms with E-state index in [-0.39, 0.29) is 12.0 Å². The van der Waals surface area contributed by atoms with Crippen molar-refractivity contribution in [1.29, 1.82) is 5.26 Å². The first-order valence-corrected chi connectivity index (χ1v) is 10.3. The predicted molar refractivity (Wildman–Crippen MR) is 109 cm³/mol. The monoisotopic (exact) mass is 379 g/mol. The Labute approximate surface area is 166 Å². The molecular weight excluding hydrogens is 350 g/mol. The number of nitriles is 1. The van der Waals surface area contributed by atoms with Gasteiger partial charge in [-0.2, -0.15) is 5.26 Å². The highest BCUT2D eigenvalue weighted by molar-refractivity contribution is 5.93. The second-order valence-electron chi connectivity index (χ2n) is 9.15. The van der Waals surface area contributed by atoms with Crippen LogP contribution in [0.1, 0.15) is 70.2 Å². The van der Waals surface area contributed by atoms with Crippen LogP contribution in [-0.2, 0) is 9.53 Å². The van der Waals surface area contributed by atoms with Gasteiger partial charge in [-0.05, 0) is 51.2 Å². The van der Waals surface area contributed by atoms with Gasteiger partial charge in [0, 0.05) is 23.1 Å². The average Bonchev–Trinajstić information content (AvgIpc) is 3.04. The zero-order valence-electron chi connectivity index (χ0n) is 17.2. The number of piperidine rings is 1. The maximum atomic E-state index is 13.3. The van der Waals surface area contributed by atoms with Crippen LogP contribution >= 0.6 is 0 Å². The molecule has 3 heterocycles. The fourth-order valence-corrected chi connectivity index (χ4v) is 4.92. The first kappa shape index (κ1) is 19.0. The van der Waals surface area contributed by atoms with E-state index in [4.69, 9.17) is 4.74 Å². The molecule has 2 aliphatic heterocycles. The summed E-state index contributed by atoms with van der Waals surface area (Å²) in [6, 6.07) is 10.2. The Morgan fingerprint density at radius 3 is 2.75 bits per heavy atom. The van der Waals surface area contributed by atoms with E-state index in [1.165, 1.54) is 0 Å². The fraction of sp³-hybridized carbons (Fsp3) is 0.565.